The Kier molecular flexibility index (Phi) is 5.89. The average Bonchev–Trinajstić information content (AvgIpc) is 2.77. The van der Waals surface area contributed by atoms with Gasteiger partial charge in [-0.2, -0.15) is 0 Å². The fourth-order valence-corrected chi connectivity index (χ4v) is 4.73. The molecule has 34 heavy (non-hydrogen) atoms. The molecule has 0 unspecified atom stereocenters. The fourth-order valence-electron chi connectivity index (χ4n) is 3.72. The molecule has 0 radical (unpaired) electrons. The highest BCUT2D eigenvalue weighted by molar-refractivity contribution is 7.98. The van der Waals surface area contributed by atoms with Gasteiger partial charge in [-0.05, 0) is 23.6 Å². The number of hydrogen-bond donors (Lipinski definition) is 1. The Morgan fingerprint density at radius 2 is 1.74 bits per heavy atom. The highest BCUT2D eigenvalue weighted by Gasteiger charge is 2.24. The van der Waals surface area contributed by atoms with Crippen molar-refractivity contribution in [3.63, 3.8) is 0 Å². The second-order valence-electron chi connectivity index (χ2n) is 9.22. The number of benzene rings is 1. The maximum Gasteiger partial charge on any atom is 0.336 e. The van der Waals surface area contributed by atoms with Gasteiger partial charge in [0.05, 0.1) is 0 Å². The quantitative estimate of drug-likeness (QED) is 0.268. The van der Waals surface area contributed by atoms with Crippen LogP contribution in [0.5, 0.6) is 5.75 Å². The van der Waals surface area contributed by atoms with Gasteiger partial charge in [0.15, 0.2) is 5.65 Å². The van der Waals surface area contributed by atoms with Crippen LogP contribution in [0.2, 0.25) is 0 Å². The highest BCUT2D eigenvalue weighted by atomic mass is 32.2. The maximum absolute atomic E-state index is 13.0. The lowest BCUT2D eigenvalue weighted by Crippen LogP contribution is -2.38. The molecule has 0 aliphatic heterocycles. The number of fused-ring (bicyclic) bond motifs is 2. The molecule has 3 heterocycles. The molecule has 3 aromatic heterocycles. The number of thioether (sulfide) groups is 1. The molecule has 4 rings (SSSR count). The number of aryl methyl sites for hydroxylation is 2. The molecular formula is C24H26N4O5S. The minimum Gasteiger partial charge on any atom is -0.508 e. The van der Waals surface area contributed by atoms with Crippen LogP contribution in [0.1, 0.15) is 44.6 Å². The largest absolute Gasteiger partial charge is 0.508 e. The van der Waals surface area contributed by atoms with Gasteiger partial charge in [-0.15, -0.1) is 11.8 Å². The molecular weight excluding hydrogens is 456 g/mol. The summed E-state index contributed by atoms with van der Waals surface area (Å²) in [5.74, 6) is 0.892. The first kappa shape index (κ1) is 23.7. The van der Waals surface area contributed by atoms with Crippen molar-refractivity contribution in [3.05, 3.63) is 66.4 Å². The number of phenols is 1. The summed E-state index contributed by atoms with van der Waals surface area (Å²) in [5.41, 5.74) is 0.0883. The van der Waals surface area contributed by atoms with Crippen molar-refractivity contribution in [2.75, 3.05) is 0 Å². The summed E-state index contributed by atoms with van der Waals surface area (Å²) in [4.78, 5) is 47.0. The highest BCUT2D eigenvalue weighted by Crippen LogP contribution is 2.32. The van der Waals surface area contributed by atoms with Crippen LogP contribution in [0.25, 0.3) is 22.0 Å². The van der Waals surface area contributed by atoms with E-state index in [2.05, 4.69) is 4.98 Å². The summed E-state index contributed by atoms with van der Waals surface area (Å²) < 4.78 is 7.68. The Morgan fingerprint density at radius 1 is 1.03 bits per heavy atom. The van der Waals surface area contributed by atoms with Gasteiger partial charge in [0.2, 0.25) is 0 Å². The van der Waals surface area contributed by atoms with Crippen molar-refractivity contribution in [1.82, 2.24) is 19.1 Å². The number of aromatic nitrogens is 4. The Hall–Kier alpha value is -3.40. The van der Waals surface area contributed by atoms with Crippen LogP contribution < -0.4 is 16.9 Å². The van der Waals surface area contributed by atoms with Gasteiger partial charge >= 0.3 is 11.3 Å². The summed E-state index contributed by atoms with van der Waals surface area (Å²) in [6, 6.07) is 4.67. The third kappa shape index (κ3) is 4.02. The smallest absolute Gasteiger partial charge is 0.336 e. The van der Waals surface area contributed by atoms with Gasteiger partial charge in [0.1, 0.15) is 27.6 Å². The normalized spacial score (nSPS) is 12.1. The number of nitrogens with zero attached hydrogens (tertiary/aromatic N) is 4. The van der Waals surface area contributed by atoms with E-state index < -0.39 is 22.3 Å². The zero-order valence-corrected chi connectivity index (χ0v) is 20.7. The lowest BCUT2D eigenvalue weighted by molar-refractivity contribution is 0.466. The van der Waals surface area contributed by atoms with Gasteiger partial charge in [-0.3, -0.25) is 13.9 Å². The third-order valence-corrected chi connectivity index (χ3v) is 6.74. The minimum atomic E-state index is -0.534. The van der Waals surface area contributed by atoms with Crippen LogP contribution in [0.4, 0.5) is 0 Å². The predicted molar refractivity (Wildman–Crippen MR) is 132 cm³/mol. The molecule has 0 saturated carbocycles. The monoisotopic (exact) mass is 482 g/mol. The number of phenolic OH excluding ortho intramolecular Hbond substituents is 1. The number of hydrogen-bond acceptors (Lipinski definition) is 8. The summed E-state index contributed by atoms with van der Waals surface area (Å²) in [5, 5.41) is 11.6. The van der Waals surface area contributed by atoms with E-state index >= 15 is 0 Å². The molecule has 4 aromatic rings. The summed E-state index contributed by atoms with van der Waals surface area (Å²) in [7, 11) is 3.00. The molecule has 1 aromatic carbocycles. The molecule has 178 valence electrons. The van der Waals surface area contributed by atoms with Crippen molar-refractivity contribution in [2.45, 2.75) is 50.3 Å². The summed E-state index contributed by atoms with van der Waals surface area (Å²) in [6.45, 7) is 7.79. The van der Waals surface area contributed by atoms with Crippen LogP contribution in [-0.2, 0) is 31.7 Å². The minimum absolute atomic E-state index is 0.0731. The molecule has 0 fully saturated rings. The molecule has 0 amide bonds. The fraction of sp³-hybridized carbons (Fsp3) is 0.375. The van der Waals surface area contributed by atoms with Gasteiger partial charge in [-0.1, -0.05) is 27.7 Å². The summed E-state index contributed by atoms with van der Waals surface area (Å²) >= 11 is 1.29. The van der Waals surface area contributed by atoms with Gasteiger partial charge in [0.25, 0.3) is 5.56 Å². The van der Waals surface area contributed by atoms with E-state index in [1.54, 1.807) is 7.05 Å². The Labute approximate surface area is 199 Å². The molecule has 0 aliphatic rings. The Balaban J connectivity index is 1.92. The lowest BCUT2D eigenvalue weighted by atomic mass is 9.96. The Morgan fingerprint density at radius 3 is 2.38 bits per heavy atom. The number of aromatic hydroxyl groups is 1. The van der Waals surface area contributed by atoms with Crippen molar-refractivity contribution in [3.8, 4) is 5.75 Å². The van der Waals surface area contributed by atoms with Crippen molar-refractivity contribution in [2.24, 2.45) is 14.1 Å². The van der Waals surface area contributed by atoms with Crippen molar-refractivity contribution >= 4 is 33.8 Å². The molecule has 0 spiro atoms. The predicted octanol–water partition coefficient (Wildman–Crippen LogP) is 2.99. The van der Waals surface area contributed by atoms with Crippen LogP contribution in [0.3, 0.4) is 0 Å². The average molecular weight is 483 g/mol. The van der Waals surface area contributed by atoms with E-state index in [9.17, 15) is 19.5 Å². The molecule has 1 N–H and O–H groups in total. The zero-order valence-electron chi connectivity index (χ0n) is 19.9. The van der Waals surface area contributed by atoms with Crippen LogP contribution in [0.15, 0.2) is 42.0 Å². The van der Waals surface area contributed by atoms with E-state index in [4.69, 9.17) is 9.40 Å². The van der Waals surface area contributed by atoms with E-state index in [1.165, 1.54) is 35.5 Å². The van der Waals surface area contributed by atoms with Gasteiger partial charge in [0, 0.05) is 42.8 Å². The van der Waals surface area contributed by atoms with E-state index in [0.29, 0.717) is 39.6 Å². The van der Waals surface area contributed by atoms with Gasteiger partial charge in [-0.25, -0.2) is 19.6 Å². The molecule has 0 bridgehead atoms. The standard InChI is InChI=1S/C24H26N4O5S/c1-7-12-8-14-13(9-17(30)33-16(14)10-15(12)29)11-34-20-18-19(25-22(26-20)24(2,3)4)27(5)23(32)28(6)21(18)31/h8-10,29H,7,11H2,1-6H3. The SMILES string of the molecule is CCc1cc2c(CSc3nc(C(C)(C)C)nc4c3c(=O)n(C)c(=O)n4C)cc(=O)oc2cc1O. The topological polar surface area (TPSA) is 120 Å². The summed E-state index contributed by atoms with van der Waals surface area (Å²) in [6.07, 6.45) is 0.614. The van der Waals surface area contributed by atoms with Crippen LogP contribution in [0, 0.1) is 0 Å². The van der Waals surface area contributed by atoms with Crippen LogP contribution in [-0.4, -0.2) is 24.2 Å². The molecule has 10 heteroatoms. The van der Waals surface area contributed by atoms with E-state index in [0.717, 1.165) is 10.1 Å². The second-order valence-corrected chi connectivity index (χ2v) is 10.2. The second kappa shape index (κ2) is 8.43. The molecule has 9 nitrogen and oxygen atoms in total. The van der Waals surface area contributed by atoms with Crippen molar-refractivity contribution in [1.29, 1.82) is 0 Å². The number of rotatable bonds is 4. The van der Waals surface area contributed by atoms with Gasteiger partial charge < -0.3 is 9.52 Å². The van der Waals surface area contributed by atoms with E-state index in [-0.39, 0.29) is 16.8 Å². The molecule has 0 atom stereocenters. The maximum atomic E-state index is 13.0. The van der Waals surface area contributed by atoms with E-state index in [1.807, 2.05) is 33.8 Å². The Bertz CT molecular complexity index is 1630. The lowest BCUT2D eigenvalue weighted by Gasteiger charge is -2.19. The molecule has 0 aliphatic carbocycles. The first-order valence-corrected chi connectivity index (χ1v) is 11.8. The first-order chi connectivity index (χ1) is 15.9. The first-order valence-electron chi connectivity index (χ1n) is 10.8. The third-order valence-electron chi connectivity index (χ3n) is 5.71. The van der Waals surface area contributed by atoms with Crippen LogP contribution >= 0.6 is 11.8 Å². The van der Waals surface area contributed by atoms with Crippen molar-refractivity contribution < 1.29 is 9.52 Å². The zero-order chi connectivity index (χ0) is 24.9. The molecule has 0 saturated heterocycles.